The predicted octanol–water partition coefficient (Wildman–Crippen LogP) is 0.291. The molecule has 1 aromatic heterocycles. The van der Waals surface area contributed by atoms with E-state index < -0.39 is 11.9 Å². The van der Waals surface area contributed by atoms with Crippen LogP contribution in [-0.4, -0.2) is 32.5 Å². The Balaban J connectivity index is 1.95. The van der Waals surface area contributed by atoms with Crippen molar-refractivity contribution in [3.8, 4) is 0 Å². The van der Waals surface area contributed by atoms with Crippen LogP contribution in [0.4, 0.5) is 4.79 Å². The van der Waals surface area contributed by atoms with E-state index in [-0.39, 0.29) is 5.75 Å². The second kappa shape index (κ2) is 5.85. The molecule has 0 radical (unpaired) electrons. The standard InChI is InChI=1S/C10H15N5O2S/c11-9(17)12-8(16)6-18-10-14-13-7-4-2-1-3-5-15(7)10/h1-6H2,(H3,11,12,16,17). The van der Waals surface area contributed by atoms with Gasteiger partial charge in [-0.15, -0.1) is 10.2 Å². The van der Waals surface area contributed by atoms with Crippen molar-refractivity contribution < 1.29 is 9.59 Å². The molecular formula is C10H15N5O2S. The SMILES string of the molecule is NC(=O)NC(=O)CSc1nnc2n1CCCCC2. The lowest BCUT2D eigenvalue weighted by Gasteiger charge is -2.05. The van der Waals surface area contributed by atoms with Gasteiger partial charge < -0.3 is 10.3 Å². The Morgan fingerprint density at radius 1 is 1.33 bits per heavy atom. The maximum atomic E-state index is 11.3. The Morgan fingerprint density at radius 2 is 2.17 bits per heavy atom. The topological polar surface area (TPSA) is 103 Å². The van der Waals surface area contributed by atoms with Gasteiger partial charge in [0.2, 0.25) is 5.91 Å². The van der Waals surface area contributed by atoms with E-state index >= 15 is 0 Å². The number of imide groups is 1. The molecule has 3 amide bonds. The van der Waals surface area contributed by atoms with E-state index in [1.165, 1.54) is 18.2 Å². The zero-order valence-electron chi connectivity index (χ0n) is 9.89. The summed E-state index contributed by atoms with van der Waals surface area (Å²) >= 11 is 1.27. The molecule has 0 saturated heterocycles. The smallest absolute Gasteiger partial charge is 0.318 e. The number of nitrogens with zero attached hydrogens (tertiary/aromatic N) is 3. The molecule has 2 rings (SSSR count). The van der Waals surface area contributed by atoms with Crippen LogP contribution in [0.3, 0.4) is 0 Å². The minimum atomic E-state index is -0.833. The molecule has 18 heavy (non-hydrogen) atoms. The number of hydrogen-bond acceptors (Lipinski definition) is 5. The number of hydrogen-bond donors (Lipinski definition) is 2. The number of thioether (sulfide) groups is 1. The Bertz CT molecular complexity index is 459. The van der Waals surface area contributed by atoms with Gasteiger partial charge in [0.15, 0.2) is 5.16 Å². The third-order valence-electron chi connectivity index (χ3n) is 2.67. The first kappa shape index (κ1) is 12.9. The Morgan fingerprint density at radius 3 is 2.94 bits per heavy atom. The zero-order chi connectivity index (χ0) is 13.0. The summed E-state index contributed by atoms with van der Waals surface area (Å²) in [5, 5.41) is 10.9. The molecule has 0 atom stereocenters. The van der Waals surface area contributed by atoms with Crippen molar-refractivity contribution in [1.82, 2.24) is 20.1 Å². The van der Waals surface area contributed by atoms with Crippen LogP contribution in [0.2, 0.25) is 0 Å². The first-order valence-corrected chi connectivity index (χ1v) is 6.79. The molecule has 0 aliphatic carbocycles. The van der Waals surface area contributed by atoms with Crippen LogP contribution in [0.5, 0.6) is 0 Å². The van der Waals surface area contributed by atoms with Gasteiger partial charge in [0.05, 0.1) is 5.75 Å². The van der Waals surface area contributed by atoms with Crippen LogP contribution in [-0.2, 0) is 17.8 Å². The fourth-order valence-electron chi connectivity index (χ4n) is 1.87. The fraction of sp³-hybridized carbons (Fsp3) is 0.600. The van der Waals surface area contributed by atoms with E-state index in [2.05, 4.69) is 14.8 Å². The summed E-state index contributed by atoms with van der Waals surface area (Å²) < 4.78 is 2.05. The number of urea groups is 1. The number of rotatable bonds is 3. The largest absolute Gasteiger partial charge is 0.351 e. The summed E-state index contributed by atoms with van der Waals surface area (Å²) in [5.74, 6) is 0.671. The van der Waals surface area contributed by atoms with Gasteiger partial charge in [-0.05, 0) is 12.8 Å². The summed E-state index contributed by atoms with van der Waals surface area (Å²) in [4.78, 5) is 21.8. The average Bonchev–Trinajstić information content (AvgIpc) is 2.54. The number of nitrogens with two attached hydrogens (primary N) is 1. The minimum Gasteiger partial charge on any atom is -0.351 e. The molecule has 2 heterocycles. The van der Waals surface area contributed by atoms with E-state index in [0.717, 1.165) is 36.8 Å². The molecular weight excluding hydrogens is 254 g/mol. The summed E-state index contributed by atoms with van der Waals surface area (Å²) in [7, 11) is 0. The van der Waals surface area contributed by atoms with Gasteiger partial charge in [-0.25, -0.2) is 4.79 Å². The summed E-state index contributed by atoms with van der Waals surface area (Å²) in [6.45, 7) is 0.891. The van der Waals surface area contributed by atoms with Crippen molar-refractivity contribution in [3.63, 3.8) is 0 Å². The number of carbonyl (C=O) groups is 2. The van der Waals surface area contributed by atoms with Crippen molar-refractivity contribution in [2.75, 3.05) is 5.75 Å². The van der Waals surface area contributed by atoms with Gasteiger partial charge in [0.1, 0.15) is 5.82 Å². The van der Waals surface area contributed by atoms with Gasteiger partial charge in [-0.1, -0.05) is 18.2 Å². The first-order valence-electron chi connectivity index (χ1n) is 5.81. The number of aryl methyl sites for hydroxylation is 1. The zero-order valence-corrected chi connectivity index (χ0v) is 10.7. The molecule has 0 fully saturated rings. The highest BCUT2D eigenvalue weighted by molar-refractivity contribution is 7.99. The molecule has 1 aliphatic rings. The Hall–Kier alpha value is -1.57. The molecule has 7 nitrogen and oxygen atoms in total. The van der Waals surface area contributed by atoms with E-state index in [0.29, 0.717) is 0 Å². The number of fused-ring (bicyclic) bond motifs is 1. The second-order valence-corrected chi connectivity index (χ2v) is 5.00. The summed E-state index contributed by atoms with van der Waals surface area (Å²) in [6.07, 6.45) is 4.35. The average molecular weight is 269 g/mol. The van der Waals surface area contributed by atoms with E-state index in [4.69, 9.17) is 5.73 Å². The Labute approximate surface area is 109 Å². The van der Waals surface area contributed by atoms with Gasteiger partial charge in [-0.2, -0.15) is 0 Å². The lowest BCUT2D eigenvalue weighted by atomic mass is 10.2. The fourth-order valence-corrected chi connectivity index (χ4v) is 2.65. The van der Waals surface area contributed by atoms with Gasteiger partial charge in [0, 0.05) is 13.0 Å². The Kier molecular flexibility index (Phi) is 4.19. The molecule has 1 aliphatic heterocycles. The van der Waals surface area contributed by atoms with Crippen LogP contribution in [0, 0.1) is 0 Å². The summed E-state index contributed by atoms with van der Waals surface area (Å²) in [5.41, 5.74) is 4.86. The molecule has 0 bridgehead atoms. The highest BCUT2D eigenvalue weighted by atomic mass is 32.2. The van der Waals surface area contributed by atoms with Crippen LogP contribution >= 0.6 is 11.8 Å². The first-order chi connectivity index (χ1) is 8.66. The molecule has 8 heteroatoms. The van der Waals surface area contributed by atoms with E-state index in [1.54, 1.807) is 0 Å². The predicted molar refractivity (Wildman–Crippen MR) is 66.0 cm³/mol. The number of aromatic nitrogens is 3. The molecule has 0 saturated carbocycles. The molecule has 3 N–H and O–H groups in total. The molecule has 0 spiro atoms. The van der Waals surface area contributed by atoms with Crippen molar-refractivity contribution in [3.05, 3.63) is 5.82 Å². The van der Waals surface area contributed by atoms with Crippen molar-refractivity contribution in [2.45, 2.75) is 37.4 Å². The van der Waals surface area contributed by atoms with Gasteiger partial charge >= 0.3 is 6.03 Å². The van der Waals surface area contributed by atoms with Crippen LogP contribution in [0.15, 0.2) is 5.16 Å². The molecule has 0 aromatic carbocycles. The highest BCUT2D eigenvalue weighted by Gasteiger charge is 2.16. The number of amides is 3. The lowest BCUT2D eigenvalue weighted by Crippen LogP contribution is -2.36. The number of nitrogens with one attached hydrogen (secondary N) is 1. The number of primary amides is 1. The number of carbonyl (C=O) groups excluding carboxylic acids is 2. The normalized spacial score (nSPS) is 14.7. The lowest BCUT2D eigenvalue weighted by molar-refractivity contribution is -0.117. The van der Waals surface area contributed by atoms with Crippen LogP contribution < -0.4 is 11.1 Å². The second-order valence-electron chi connectivity index (χ2n) is 4.06. The minimum absolute atomic E-state index is 0.112. The molecule has 0 unspecified atom stereocenters. The molecule has 98 valence electrons. The van der Waals surface area contributed by atoms with Gasteiger partial charge in [-0.3, -0.25) is 10.1 Å². The van der Waals surface area contributed by atoms with Crippen LogP contribution in [0.25, 0.3) is 0 Å². The third kappa shape index (κ3) is 3.22. The quantitative estimate of drug-likeness (QED) is 0.768. The molecule has 1 aromatic rings. The maximum Gasteiger partial charge on any atom is 0.318 e. The van der Waals surface area contributed by atoms with E-state index in [9.17, 15) is 9.59 Å². The highest BCUT2D eigenvalue weighted by Crippen LogP contribution is 2.21. The van der Waals surface area contributed by atoms with Gasteiger partial charge in [0.25, 0.3) is 0 Å². The van der Waals surface area contributed by atoms with Crippen molar-refractivity contribution >= 4 is 23.7 Å². The van der Waals surface area contributed by atoms with Crippen molar-refractivity contribution in [1.29, 1.82) is 0 Å². The van der Waals surface area contributed by atoms with Crippen LogP contribution in [0.1, 0.15) is 25.1 Å². The monoisotopic (exact) mass is 269 g/mol. The maximum absolute atomic E-state index is 11.3. The van der Waals surface area contributed by atoms with E-state index in [1.807, 2.05) is 5.32 Å². The third-order valence-corrected chi connectivity index (χ3v) is 3.64. The summed E-state index contributed by atoms with van der Waals surface area (Å²) in [6, 6.07) is -0.833. The van der Waals surface area contributed by atoms with Crippen molar-refractivity contribution in [2.24, 2.45) is 5.73 Å².